The van der Waals surface area contributed by atoms with Gasteiger partial charge in [0.05, 0.1) is 5.56 Å². The van der Waals surface area contributed by atoms with E-state index in [-0.39, 0.29) is 5.91 Å². The summed E-state index contributed by atoms with van der Waals surface area (Å²) in [5.74, 6) is 0.263. The largest absolute Gasteiger partial charge is 0.488 e. The van der Waals surface area contributed by atoms with Crippen LogP contribution in [0.1, 0.15) is 32.6 Å². The third kappa shape index (κ3) is 4.69. The maximum absolute atomic E-state index is 12.9. The minimum atomic E-state index is -0.240. The zero-order valence-corrected chi connectivity index (χ0v) is 16.4. The second-order valence-corrected chi connectivity index (χ2v) is 7.08. The molecule has 3 nitrogen and oxygen atoms in total. The van der Waals surface area contributed by atoms with E-state index in [1.54, 1.807) is 18.2 Å². The summed E-state index contributed by atoms with van der Waals surface area (Å²) >= 11 is 6.13. The molecule has 0 unspecified atom stereocenters. The van der Waals surface area contributed by atoms with Crippen molar-refractivity contribution in [2.45, 2.75) is 27.4 Å². The SMILES string of the molecule is Cc1cc(C)c(NC(=O)c2cc(Cl)ccc2OCc2ccccc2)c(C)c1. The normalized spacial score (nSPS) is 10.5. The summed E-state index contributed by atoms with van der Waals surface area (Å²) in [5.41, 5.74) is 5.48. The number of aryl methyl sites for hydroxylation is 3. The van der Waals surface area contributed by atoms with Crippen molar-refractivity contribution in [2.24, 2.45) is 0 Å². The summed E-state index contributed by atoms with van der Waals surface area (Å²) in [6, 6.07) is 19.0. The lowest BCUT2D eigenvalue weighted by atomic mass is 10.0. The number of ether oxygens (including phenoxy) is 1. The van der Waals surface area contributed by atoms with E-state index in [1.165, 1.54) is 0 Å². The van der Waals surface area contributed by atoms with Crippen LogP contribution in [-0.2, 0) is 6.61 Å². The fourth-order valence-electron chi connectivity index (χ4n) is 3.10. The smallest absolute Gasteiger partial charge is 0.259 e. The van der Waals surface area contributed by atoms with Gasteiger partial charge in [-0.15, -0.1) is 0 Å². The Morgan fingerprint density at radius 2 is 1.63 bits per heavy atom. The Kier molecular flexibility index (Phi) is 5.82. The highest BCUT2D eigenvalue weighted by atomic mass is 35.5. The van der Waals surface area contributed by atoms with E-state index >= 15 is 0 Å². The van der Waals surface area contributed by atoms with Crippen LogP contribution in [-0.4, -0.2) is 5.91 Å². The van der Waals surface area contributed by atoms with Crippen molar-refractivity contribution >= 4 is 23.2 Å². The van der Waals surface area contributed by atoms with E-state index in [9.17, 15) is 4.79 Å². The molecule has 1 N–H and O–H groups in total. The third-order valence-corrected chi connectivity index (χ3v) is 4.57. The molecule has 0 aliphatic carbocycles. The molecule has 0 aliphatic heterocycles. The first kappa shape index (κ1) is 19.0. The van der Waals surface area contributed by atoms with Gasteiger partial charge >= 0.3 is 0 Å². The first-order valence-corrected chi connectivity index (χ1v) is 9.17. The Hall–Kier alpha value is -2.78. The number of hydrogen-bond acceptors (Lipinski definition) is 2. The second-order valence-electron chi connectivity index (χ2n) is 6.64. The molecular formula is C23H22ClNO2. The van der Waals surface area contributed by atoms with Crippen molar-refractivity contribution in [2.75, 3.05) is 5.32 Å². The Morgan fingerprint density at radius 1 is 0.963 bits per heavy atom. The zero-order valence-electron chi connectivity index (χ0n) is 15.7. The van der Waals surface area contributed by atoms with Crippen LogP contribution >= 0.6 is 11.6 Å². The lowest BCUT2D eigenvalue weighted by Gasteiger charge is -2.15. The van der Waals surface area contributed by atoms with Crippen LogP contribution in [0.3, 0.4) is 0 Å². The summed E-state index contributed by atoms with van der Waals surface area (Å²) in [6.45, 7) is 6.39. The lowest BCUT2D eigenvalue weighted by molar-refractivity contribution is 0.102. The Balaban J connectivity index is 1.85. The molecule has 138 valence electrons. The summed E-state index contributed by atoms with van der Waals surface area (Å²) < 4.78 is 5.90. The van der Waals surface area contributed by atoms with Gasteiger partial charge in [-0.05, 0) is 55.7 Å². The van der Waals surface area contributed by atoms with Crippen LogP contribution in [0.15, 0.2) is 60.7 Å². The minimum absolute atomic E-state index is 0.240. The number of rotatable bonds is 5. The van der Waals surface area contributed by atoms with Crippen molar-refractivity contribution in [1.82, 2.24) is 0 Å². The second kappa shape index (κ2) is 8.28. The van der Waals surface area contributed by atoms with E-state index < -0.39 is 0 Å². The molecular weight excluding hydrogens is 358 g/mol. The molecule has 0 saturated heterocycles. The fraction of sp³-hybridized carbons (Fsp3) is 0.174. The molecule has 0 radical (unpaired) electrons. The standard InChI is InChI=1S/C23H22ClNO2/c1-15-11-16(2)22(17(3)12-15)25-23(26)20-13-19(24)9-10-21(20)27-14-18-7-5-4-6-8-18/h4-13H,14H2,1-3H3,(H,25,26). The summed E-state index contributed by atoms with van der Waals surface area (Å²) in [4.78, 5) is 12.9. The van der Waals surface area contributed by atoms with Gasteiger partial charge in [0.25, 0.3) is 5.91 Å². The van der Waals surface area contributed by atoms with Crippen LogP contribution in [0.5, 0.6) is 5.75 Å². The molecule has 0 aromatic heterocycles. The van der Waals surface area contributed by atoms with Crippen LogP contribution < -0.4 is 10.1 Å². The number of hydrogen-bond donors (Lipinski definition) is 1. The maximum atomic E-state index is 12.9. The third-order valence-electron chi connectivity index (χ3n) is 4.34. The highest BCUT2D eigenvalue weighted by Crippen LogP contribution is 2.27. The van der Waals surface area contributed by atoms with Gasteiger partial charge in [-0.2, -0.15) is 0 Å². The number of benzene rings is 3. The quantitative estimate of drug-likeness (QED) is 0.581. The molecule has 0 atom stereocenters. The Bertz CT molecular complexity index is 944. The molecule has 0 heterocycles. The molecule has 1 amide bonds. The van der Waals surface area contributed by atoms with Gasteiger partial charge in [-0.25, -0.2) is 0 Å². The molecule has 0 spiro atoms. The van der Waals surface area contributed by atoms with Crippen molar-refractivity contribution in [3.05, 3.63) is 93.5 Å². The minimum Gasteiger partial charge on any atom is -0.488 e. The molecule has 3 aromatic rings. The zero-order chi connectivity index (χ0) is 19.4. The van der Waals surface area contributed by atoms with Crippen molar-refractivity contribution in [3.8, 4) is 5.75 Å². The lowest BCUT2D eigenvalue weighted by Crippen LogP contribution is -2.15. The fourth-order valence-corrected chi connectivity index (χ4v) is 3.27. The summed E-state index contributed by atoms with van der Waals surface area (Å²) in [7, 11) is 0. The van der Waals surface area contributed by atoms with Crippen LogP contribution in [0, 0.1) is 20.8 Å². The Labute approximate surface area is 164 Å². The van der Waals surface area contributed by atoms with Gasteiger partial charge in [0.15, 0.2) is 0 Å². The number of carbonyl (C=O) groups excluding carboxylic acids is 1. The van der Waals surface area contributed by atoms with Gasteiger partial charge in [-0.3, -0.25) is 4.79 Å². The highest BCUT2D eigenvalue weighted by molar-refractivity contribution is 6.31. The Morgan fingerprint density at radius 3 is 2.30 bits per heavy atom. The van der Waals surface area contributed by atoms with E-state index in [1.807, 2.05) is 63.2 Å². The monoisotopic (exact) mass is 379 g/mol. The van der Waals surface area contributed by atoms with E-state index in [0.29, 0.717) is 22.9 Å². The maximum Gasteiger partial charge on any atom is 0.259 e. The number of halogens is 1. The van der Waals surface area contributed by atoms with Crippen LogP contribution in [0.25, 0.3) is 0 Å². The van der Waals surface area contributed by atoms with E-state index in [4.69, 9.17) is 16.3 Å². The molecule has 27 heavy (non-hydrogen) atoms. The van der Waals surface area contributed by atoms with Gasteiger partial charge in [-0.1, -0.05) is 59.6 Å². The average molecular weight is 380 g/mol. The molecule has 3 rings (SSSR count). The first-order chi connectivity index (χ1) is 12.9. The molecule has 4 heteroatoms. The first-order valence-electron chi connectivity index (χ1n) is 8.79. The average Bonchev–Trinajstić information content (AvgIpc) is 2.64. The highest BCUT2D eigenvalue weighted by Gasteiger charge is 2.16. The predicted molar refractivity (Wildman–Crippen MR) is 111 cm³/mol. The van der Waals surface area contributed by atoms with E-state index in [2.05, 4.69) is 5.32 Å². The van der Waals surface area contributed by atoms with Gasteiger partial charge < -0.3 is 10.1 Å². The predicted octanol–water partition coefficient (Wildman–Crippen LogP) is 6.10. The van der Waals surface area contributed by atoms with Gasteiger partial charge in [0.1, 0.15) is 12.4 Å². The van der Waals surface area contributed by atoms with Crippen LogP contribution in [0.4, 0.5) is 5.69 Å². The summed E-state index contributed by atoms with van der Waals surface area (Å²) in [5, 5.41) is 3.50. The number of nitrogens with one attached hydrogen (secondary N) is 1. The van der Waals surface area contributed by atoms with Crippen molar-refractivity contribution in [1.29, 1.82) is 0 Å². The van der Waals surface area contributed by atoms with Crippen molar-refractivity contribution < 1.29 is 9.53 Å². The number of amides is 1. The van der Waals surface area contributed by atoms with E-state index in [0.717, 1.165) is 27.9 Å². The topological polar surface area (TPSA) is 38.3 Å². The number of carbonyl (C=O) groups is 1. The molecule has 0 bridgehead atoms. The van der Waals surface area contributed by atoms with Gasteiger partial charge in [0.2, 0.25) is 0 Å². The molecule has 0 fully saturated rings. The summed E-state index contributed by atoms with van der Waals surface area (Å²) in [6.07, 6.45) is 0. The van der Waals surface area contributed by atoms with Gasteiger partial charge in [0, 0.05) is 10.7 Å². The number of anilines is 1. The van der Waals surface area contributed by atoms with Crippen LogP contribution in [0.2, 0.25) is 5.02 Å². The molecule has 0 saturated carbocycles. The molecule has 0 aliphatic rings. The van der Waals surface area contributed by atoms with Crippen molar-refractivity contribution in [3.63, 3.8) is 0 Å². The molecule has 3 aromatic carbocycles.